The van der Waals surface area contributed by atoms with Gasteiger partial charge < -0.3 is 10.4 Å². The Morgan fingerprint density at radius 2 is 2.29 bits per heavy atom. The number of carbonyl (C=O) groups is 1. The van der Waals surface area contributed by atoms with Crippen LogP contribution in [0.1, 0.15) is 20.3 Å². The van der Waals surface area contributed by atoms with Crippen molar-refractivity contribution >= 4 is 17.7 Å². The summed E-state index contributed by atoms with van der Waals surface area (Å²) >= 11 is 1.96. The number of nitrogens with one attached hydrogen (secondary N) is 1. The molecule has 2 unspecified atom stereocenters. The summed E-state index contributed by atoms with van der Waals surface area (Å²) in [6.07, 6.45) is 1.18. The highest BCUT2D eigenvalue weighted by Crippen LogP contribution is 2.38. The Bertz CT molecular complexity index is 296. The van der Waals surface area contributed by atoms with Crippen LogP contribution >= 0.6 is 11.8 Å². The summed E-state index contributed by atoms with van der Waals surface area (Å²) in [5, 5.41) is 12.5. The highest BCUT2D eigenvalue weighted by Gasteiger charge is 2.42. The number of hydrogen-bond acceptors (Lipinski definition) is 4. The fourth-order valence-electron chi connectivity index (χ4n) is 2.79. The van der Waals surface area contributed by atoms with Crippen LogP contribution in [0, 0.1) is 5.41 Å². The van der Waals surface area contributed by atoms with Crippen molar-refractivity contribution in [3.63, 3.8) is 0 Å². The van der Waals surface area contributed by atoms with Crippen LogP contribution in [-0.2, 0) is 4.79 Å². The van der Waals surface area contributed by atoms with Crippen LogP contribution in [0.4, 0.5) is 0 Å². The molecule has 98 valence electrons. The Balaban J connectivity index is 2.14. The molecule has 0 radical (unpaired) electrons. The maximum atomic E-state index is 11.3. The summed E-state index contributed by atoms with van der Waals surface area (Å²) in [4.78, 5) is 13.5. The predicted molar refractivity (Wildman–Crippen MR) is 70.5 cm³/mol. The predicted octanol–water partition coefficient (Wildman–Crippen LogP) is 0.877. The van der Waals surface area contributed by atoms with Gasteiger partial charge in [0.2, 0.25) is 0 Å². The first-order valence-corrected chi connectivity index (χ1v) is 7.45. The summed E-state index contributed by atoms with van der Waals surface area (Å²) in [5.41, 5.74) is 0.232. The lowest BCUT2D eigenvalue weighted by molar-refractivity contribution is -0.146. The van der Waals surface area contributed by atoms with Gasteiger partial charge in [-0.05, 0) is 17.6 Å². The third-order valence-electron chi connectivity index (χ3n) is 4.04. The molecule has 0 spiro atoms. The highest BCUT2D eigenvalue weighted by atomic mass is 32.2. The molecule has 2 saturated heterocycles. The number of carboxylic acid groups (broad SMARTS) is 1. The Morgan fingerprint density at radius 3 is 2.94 bits per heavy atom. The number of carboxylic acids is 1. The second kappa shape index (κ2) is 5.16. The summed E-state index contributed by atoms with van der Waals surface area (Å²) in [6, 6.07) is 0.0381. The van der Waals surface area contributed by atoms with Crippen molar-refractivity contribution in [2.24, 2.45) is 5.41 Å². The van der Waals surface area contributed by atoms with Gasteiger partial charge in [0.25, 0.3) is 0 Å². The van der Waals surface area contributed by atoms with E-state index in [9.17, 15) is 9.90 Å². The van der Waals surface area contributed by atoms with E-state index in [0.717, 1.165) is 18.8 Å². The van der Waals surface area contributed by atoms with Crippen LogP contribution < -0.4 is 5.32 Å². The smallest absolute Gasteiger partial charge is 0.322 e. The van der Waals surface area contributed by atoms with Crippen LogP contribution in [0.3, 0.4) is 0 Å². The molecule has 2 aliphatic heterocycles. The molecule has 0 amide bonds. The maximum absolute atomic E-state index is 11.3. The molecule has 2 atom stereocenters. The van der Waals surface area contributed by atoms with E-state index in [4.69, 9.17) is 0 Å². The van der Waals surface area contributed by atoms with Crippen LogP contribution in [0.5, 0.6) is 0 Å². The van der Waals surface area contributed by atoms with E-state index < -0.39 is 5.97 Å². The van der Waals surface area contributed by atoms with Crippen molar-refractivity contribution in [1.82, 2.24) is 10.2 Å². The van der Waals surface area contributed by atoms with Crippen molar-refractivity contribution in [1.29, 1.82) is 0 Å². The van der Waals surface area contributed by atoms with Crippen molar-refractivity contribution in [3.05, 3.63) is 0 Å². The van der Waals surface area contributed by atoms with E-state index in [1.165, 1.54) is 12.2 Å². The van der Waals surface area contributed by atoms with Gasteiger partial charge in [0.15, 0.2) is 0 Å². The summed E-state index contributed by atoms with van der Waals surface area (Å²) in [7, 11) is 0. The third-order valence-corrected chi connectivity index (χ3v) is 5.08. The number of thioether (sulfide) groups is 1. The van der Waals surface area contributed by atoms with Gasteiger partial charge >= 0.3 is 5.97 Å². The Morgan fingerprint density at radius 1 is 1.53 bits per heavy atom. The fourth-order valence-corrected chi connectivity index (χ4v) is 4.49. The lowest BCUT2D eigenvalue weighted by Crippen LogP contribution is -2.62. The molecular formula is C12H22N2O2S. The average Bonchev–Trinajstić information content (AvgIpc) is 2.28. The average molecular weight is 258 g/mol. The first kappa shape index (κ1) is 13.2. The lowest BCUT2D eigenvalue weighted by atomic mass is 9.80. The zero-order valence-electron chi connectivity index (χ0n) is 10.6. The molecule has 5 heteroatoms. The van der Waals surface area contributed by atoms with Gasteiger partial charge in [-0.25, -0.2) is 0 Å². The summed E-state index contributed by atoms with van der Waals surface area (Å²) < 4.78 is 0. The van der Waals surface area contributed by atoms with E-state index >= 15 is 0 Å². The second-order valence-corrected chi connectivity index (χ2v) is 6.78. The molecule has 17 heavy (non-hydrogen) atoms. The summed E-state index contributed by atoms with van der Waals surface area (Å²) in [5.74, 6) is 1.58. The number of piperazine rings is 1. The number of rotatable bonds is 2. The number of aliphatic carboxylic acids is 1. The van der Waals surface area contributed by atoms with E-state index in [1.54, 1.807) is 0 Å². The van der Waals surface area contributed by atoms with E-state index in [2.05, 4.69) is 24.1 Å². The Labute approximate surface area is 107 Å². The molecule has 2 aliphatic rings. The largest absolute Gasteiger partial charge is 0.480 e. The van der Waals surface area contributed by atoms with Gasteiger partial charge in [0, 0.05) is 31.4 Å². The van der Waals surface area contributed by atoms with Gasteiger partial charge in [0.1, 0.15) is 6.04 Å². The van der Waals surface area contributed by atoms with Crippen LogP contribution in [0.2, 0.25) is 0 Å². The van der Waals surface area contributed by atoms with Crippen LogP contribution in [0.25, 0.3) is 0 Å². The SMILES string of the molecule is CC1(C)CCSCC1N1CCNCC1C(=O)O. The van der Waals surface area contributed by atoms with E-state index in [0.29, 0.717) is 12.6 Å². The molecule has 2 fully saturated rings. The molecule has 0 saturated carbocycles. The minimum absolute atomic E-state index is 0.232. The quantitative estimate of drug-likeness (QED) is 0.770. The first-order valence-electron chi connectivity index (χ1n) is 6.29. The fraction of sp³-hybridized carbons (Fsp3) is 0.917. The molecule has 0 aromatic rings. The van der Waals surface area contributed by atoms with E-state index in [-0.39, 0.29) is 11.5 Å². The molecule has 2 heterocycles. The molecule has 4 nitrogen and oxygen atoms in total. The van der Waals surface area contributed by atoms with Crippen LogP contribution in [0.15, 0.2) is 0 Å². The van der Waals surface area contributed by atoms with Crippen molar-refractivity contribution < 1.29 is 9.90 Å². The number of nitrogens with zero attached hydrogens (tertiary/aromatic N) is 1. The van der Waals surface area contributed by atoms with Crippen molar-refractivity contribution in [3.8, 4) is 0 Å². The minimum Gasteiger partial charge on any atom is -0.480 e. The molecule has 0 aliphatic carbocycles. The number of hydrogen-bond donors (Lipinski definition) is 2. The highest BCUT2D eigenvalue weighted by molar-refractivity contribution is 7.99. The van der Waals surface area contributed by atoms with Gasteiger partial charge in [0.05, 0.1) is 0 Å². The second-order valence-electron chi connectivity index (χ2n) is 5.63. The zero-order valence-corrected chi connectivity index (χ0v) is 11.4. The molecule has 2 N–H and O–H groups in total. The Hall–Kier alpha value is -0.260. The monoisotopic (exact) mass is 258 g/mol. The van der Waals surface area contributed by atoms with Crippen molar-refractivity contribution in [2.75, 3.05) is 31.1 Å². The third kappa shape index (κ3) is 2.77. The lowest BCUT2D eigenvalue weighted by Gasteiger charge is -2.48. The molecule has 2 rings (SSSR count). The Kier molecular flexibility index (Phi) is 4.00. The van der Waals surface area contributed by atoms with Gasteiger partial charge in [-0.1, -0.05) is 13.8 Å². The van der Waals surface area contributed by atoms with Gasteiger partial charge in [-0.3, -0.25) is 9.69 Å². The topological polar surface area (TPSA) is 52.6 Å². The molecule has 0 aromatic heterocycles. The maximum Gasteiger partial charge on any atom is 0.322 e. The first-order chi connectivity index (χ1) is 8.02. The normalized spacial score (nSPS) is 34.5. The minimum atomic E-state index is -0.691. The zero-order chi connectivity index (χ0) is 12.5. The molecular weight excluding hydrogens is 236 g/mol. The molecule has 0 aromatic carbocycles. The van der Waals surface area contributed by atoms with E-state index in [1.807, 2.05) is 11.8 Å². The van der Waals surface area contributed by atoms with Crippen molar-refractivity contribution in [2.45, 2.75) is 32.4 Å². The van der Waals surface area contributed by atoms with Gasteiger partial charge in [-0.2, -0.15) is 11.8 Å². The van der Waals surface area contributed by atoms with Crippen LogP contribution in [-0.4, -0.2) is 59.2 Å². The summed E-state index contributed by atoms with van der Waals surface area (Å²) in [6.45, 7) is 6.88. The van der Waals surface area contributed by atoms with Gasteiger partial charge in [-0.15, -0.1) is 0 Å². The molecule has 0 bridgehead atoms. The standard InChI is InChI=1S/C12H22N2O2S/c1-12(2)3-6-17-8-10(12)14-5-4-13-7-9(14)11(15)16/h9-10,13H,3-8H2,1-2H3,(H,15,16).